The minimum absolute atomic E-state index is 0.159. The van der Waals surface area contributed by atoms with E-state index in [1.54, 1.807) is 0 Å². The van der Waals surface area contributed by atoms with Crippen molar-refractivity contribution in [2.75, 3.05) is 32.7 Å². The molecular weight excluding hydrogens is 202 g/mol. The van der Waals surface area contributed by atoms with Gasteiger partial charge in [0.15, 0.2) is 0 Å². The number of fused-ring (bicyclic) bond motifs is 3. The lowest BCUT2D eigenvalue weighted by atomic mass is 9.84. The first-order chi connectivity index (χ1) is 7.79. The van der Waals surface area contributed by atoms with Crippen molar-refractivity contribution in [2.24, 2.45) is 5.92 Å². The highest BCUT2D eigenvalue weighted by Crippen LogP contribution is 2.27. The van der Waals surface area contributed by atoms with Gasteiger partial charge in [-0.1, -0.05) is 6.92 Å². The van der Waals surface area contributed by atoms with Crippen molar-refractivity contribution >= 4 is 5.91 Å². The van der Waals surface area contributed by atoms with Crippen LogP contribution in [0.1, 0.15) is 26.2 Å². The molecule has 3 aliphatic heterocycles. The number of hydrogen-bond acceptors (Lipinski definition) is 3. The van der Waals surface area contributed by atoms with Gasteiger partial charge in [0.2, 0.25) is 5.91 Å². The predicted molar refractivity (Wildman–Crippen MR) is 64.3 cm³/mol. The number of piperidine rings is 3. The molecule has 2 bridgehead atoms. The van der Waals surface area contributed by atoms with Crippen molar-refractivity contribution in [1.82, 2.24) is 15.5 Å². The average Bonchev–Trinajstić information content (AvgIpc) is 2.31. The van der Waals surface area contributed by atoms with Crippen LogP contribution in [0.2, 0.25) is 0 Å². The molecule has 4 nitrogen and oxygen atoms in total. The van der Waals surface area contributed by atoms with E-state index in [0.717, 1.165) is 25.4 Å². The second kappa shape index (κ2) is 5.64. The maximum absolute atomic E-state index is 11.7. The van der Waals surface area contributed by atoms with Crippen LogP contribution in [0.15, 0.2) is 0 Å². The summed E-state index contributed by atoms with van der Waals surface area (Å²) in [5.41, 5.74) is 0. The van der Waals surface area contributed by atoms with Gasteiger partial charge in [-0.25, -0.2) is 0 Å². The SMILES string of the molecule is CCCNCC(=O)NC1CN2CCC1CC2. The number of nitrogens with zero attached hydrogens (tertiary/aromatic N) is 1. The Balaban J connectivity index is 1.70. The number of carbonyl (C=O) groups is 1. The molecule has 0 saturated carbocycles. The van der Waals surface area contributed by atoms with E-state index in [1.807, 2.05) is 0 Å². The van der Waals surface area contributed by atoms with Crippen molar-refractivity contribution in [3.05, 3.63) is 0 Å². The first-order valence-corrected chi connectivity index (χ1v) is 6.52. The lowest BCUT2D eigenvalue weighted by molar-refractivity contribution is -0.122. The maximum atomic E-state index is 11.7. The van der Waals surface area contributed by atoms with Crippen molar-refractivity contribution in [3.63, 3.8) is 0 Å². The Morgan fingerprint density at radius 3 is 2.69 bits per heavy atom. The standard InChI is InChI=1S/C12H23N3O/c1-2-5-13-8-12(16)14-11-9-15-6-3-10(11)4-7-15/h10-11,13H,2-9H2,1H3,(H,14,16). The zero-order valence-corrected chi connectivity index (χ0v) is 10.2. The Bertz CT molecular complexity index is 236. The summed E-state index contributed by atoms with van der Waals surface area (Å²) in [7, 11) is 0. The monoisotopic (exact) mass is 225 g/mol. The fourth-order valence-electron chi connectivity index (χ4n) is 2.77. The van der Waals surface area contributed by atoms with E-state index in [0.29, 0.717) is 12.6 Å². The second-order valence-electron chi connectivity index (χ2n) is 4.99. The van der Waals surface area contributed by atoms with Crippen LogP contribution in [-0.2, 0) is 4.79 Å². The second-order valence-corrected chi connectivity index (χ2v) is 4.99. The predicted octanol–water partition coefficient (Wildman–Crippen LogP) is 0.196. The van der Waals surface area contributed by atoms with E-state index in [1.165, 1.54) is 25.9 Å². The van der Waals surface area contributed by atoms with E-state index in [-0.39, 0.29) is 5.91 Å². The number of amides is 1. The number of nitrogens with one attached hydrogen (secondary N) is 2. The van der Waals surface area contributed by atoms with Crippen LogP contribution in [0.4, 0.5) is 0 Å². The highest BCUT2D eigenvalue weighted by atomic mass is 16.2. The summed E-state index contributed by atoms with van der Waals surface area (Å²) in [6, 6.07) is 0.401. The summed E-state index contributed by atoms with van der Waals surface area (Å²) in [6.45, 7) is 7.02. The smallest absolute Gasteiger partial charge is 0.234 e. The Kier molecular flexibility index (Phi) is 4.18. The minimum atomic E-state index is 0.159. The Hall–Kier alpha value is -0.610. The molecular formula is C12H23N3O. The summed E-state index contributed by atoms with van der Waals surface area (Å²) in [5, 5.41) is 6.31. The summed E-state index contributed by atoms with van der Waals surface area (Å²) in [5.74, 6) is 0.882. The fraction of sp³-hybridized carbons (Fsp3) is 0.917. The van der Waals surface area contributed by atoms with Crippen LogP contribution < -0.4 is 10.6 Å². The highest BCUT2D eigenvalue weighted by Gasteiger charge is 2.34. The Morgan fingerprint density at radius 2 is 2.12 bits per heavy atom. The lowest BCUT2D eigenvalue weighted by Gasteiger charge is -2.44. The molecule has 3 aliphatic rings. The van der Waals surface area contributed by atoms with Crippen LogP contribution >= 0.6 is 0 Å². The van der Waals surface area contributed by atoms with Crippen LogP contribution in [0, 0.1) is 5.92 Å². The van der Waals surface area contributed by atoms with Crippen molar-refractivity contribution < 1.29 is 4.79 Å². The largest absolute Gasteiger partial charge is 0.351 e. The summed E-state index contributed by atoms with van der Waals surface area (Å²) in [4.78, 5) is 14.1. The topological polar surface area (TPSA) is 44.4 Å². The Morgan fingerprint density at radius 1 is 1.38 bits per heavy atom. The average molecular weight is 225 g/mol. The zero-order valence-electron chi connectivity index (χ0n) is 10.2. The summed E-state index contributed by atoms with van der Waals surface area (Å²) in [6.07, 6.45) is 3.59. The van der Waals surface area contributed by atoms with E-state index in [4.69, 9.17) is 0 Å². The van der Waals surface area contributed by atoms with E-state index in [9.17, 15) is 4.79 Å². The number of rotatable bonds is 5. The molecule has 0 aromatic rings. The molecule has 0 spiro atoms. The molecule has 0 aliphatic carbocycles. The van der Waals surface area contributed by atoms with Crippen molar-refractivity contribution in [2.45, 2.75) is 32.2 Å². The molecule has 0 radical (unpaired) electrons. The van der Waals surface area contributed by atoms with Gasteiger partial charge in [0.1, 0.15) is 0 Å². The molecule has 1 atom stereocenters. The van der Waals surface area contributed by atoms with Gasteiger partial charge in [-0.15, -0.1) is 0 Å². The van der Waals surface area contributed by atoms with Gasteiger partial charge < -0.3 is 15.5 Å². The van der Waals surface area contributed by atoms with Crippen molar-refractivity contribution in [3.8, 4) is 0 Å². The molecule has 92 valence electrons. The van der Waals surface area contributed by atoms with Gasteiger partial charge in [0.05, 0.1) is 6.54 Å². The summed E-state index contributed by atoms with van der Waals surface area (Å²) < 4.78 is 0. The van der Waals surface area contributed by atoms with E-state index in [2.05, 4.69) is 22.5 Å². The molecule has 3 rings (SSSR count). The molecule has 0 aromatic heterocycles. The lowest BCUT2D eigenvalue weighted by Crippen LogP contribution is -2.58. The van der Waals surface area contributed by atoms with Crippen LogP contribution in [0.25, 0.3) is 0 Å². The molecule has 3 heterocycles. The molecule has 1 unspecified atom stereocenters. The third-order valence-electron chi connectivity index (χ3n) is 3.71. The van der Waals surface area contributed by atoms with E-state index < -0.39 is 0 Å². The first kappa shape index (κ1) is 11.9. The third-order valence-corrected chi connectivity index (χ3v) is 3.71. The van der Waals surface area contributed by atoms with Gasteiger partial charge in [-0.05, 0) is 44.8 Å². The van der Waals surface area contributed by atoms with Gasteiger partial charge in [0.25, 0.3) is 0 Å². The molecule has 0 aromatic carbocycles. The van der Waals surface area contributed by atoms with E-state index >= 15 is 0 Å². The molecule has 3 saturated heterocycles. The fourth-order valence-corrected chi connectivity index (χ4v) is 2.77. The molecule has 2 N–H and O–H groups in total. The molecule has 4 heteroatoms. The quantitative estimate of drug-likeness (QED) is 0.657. The van der Waals surface area contributed by atoms with Crippen LogP contribution in [0.5, 0.6) is 0 Å². The first-order valence-electron chi connectivity index (χ1n) is 6.52. The normalized spacial score (nSPS) is 32.7. The van der Waals surface area contributed by atoms with Crippen LogP contribution in [0.3, 0.4) is 0 Å². The van der Waals surface area contributed by atoms with Crippen LogP contribution in [-0.4, -0.2) is 49.6 Å². The minimum Gasteiger partial charge on any atom is -0.351 e. The summed E-state index contributed by atoms with van der Waals surface area (Å²) >= 11 is 0. The molecule has 3 fully saturated rings. The number of carbonyl (C=O) groups excluding carboxylic acids is 1. The van der Waals surface area contributed by atoms with Gasteiger partial charge in [-0.3, -0.25) is 4.79 Å². The highest BCUT2D eigenvalue weighted by molar-refractivity contribution is 5.78. The third kappa shape index (κ3) is 2.95. The maximum Gasteiger partial charge on any atom is 0.234 e. The van der Waals surface area contributed by atoms with Gasteiger partial charge in [-0.2, -0.15) is 0 Å². The van der Waals surface area contributed by atoms with Gasteiger partial charge in [0, 0.05) is 12.6 Å². The van der Waals surface area contributed by atoms with Crippen molar-refractivity contribution in [1.29, 1.82) is 0 Å². The van der Waals surface area contributed by atoms with Gasteiger partial charge >= 0.3 is 0 Å². The molecule has 16 heavy (non-hydrogen) atoms. The Labute approximate surface area is 97.8 Å². The zero-order chi connectivity index (χ0) is 11.4. The number of hydrogen-bond donors (Lipinski definition) is 2. The molecule has 1 amide bonds.